The van der Waals surface area contributed by atoms with E-state index in [2.05, 4.69) is 27.1 Å². The van der Waals surface area contributed by atoms with E-state index in [1.54, 1.807) is 19.3 Å². The molecule has 2 atom stereocenters. The molecule has 3 rings (SSSR count). The topological polar surface area (TPSA) is 92.3 Å². The molecule has 1 aromatic heterocycles. The largest absolute Gasteiger partial charge is 0.359 e. The van der Waals surface area contributed by atoms with Crippen molar-refractivity contribution in [1.29, 1.82) is 0 Å². The van der Waals surface area contributed by atoms with Crippen LogP contribution in [0.25, 0.3) is 0 Å². The van der Waals surface area contributed by atoms with E-state index in [4.69, 9.17) is 11.6 Å². The number of rotatable bonds is 8. The van der Waals surface area contributed by atoms with Crippen LogP contribution in [0.15, 0.2) is 48.1 Å². The molecule has 9 heteroatoms. The molecule has 0 spiro atoms. The molecule has 30 heavy (non-hydrogen) atoms. The van der Waals surface area contributed by atoms with Crippen LogP contribution in [-0.2, 0) is 9.84 Å². The zero-order valence-electron chi connectivity index (χ0n) is 17.1. The quantitative estimate of drug-likeness (QED) is 0.664. The van der Waals surface area contributed by atoms with Gasteiger partial charge in [-0.3, -0.25) is 4.79 Å². The van der Waals surface area contributed by atoms with E-state index in [9.17, 15) is 13.2 Å². The van der Waals surface area contributed by atoms with Crippen LogP contribution in [0.1, 0.15) is 48.9 Å². The van der Waals surface area contributed by atoms with Gasteiger partial charge in [0.05, 0.1) is 24.1 Å². The molecular weight excluding hydrogens is 424 g/mol. The first-order chi connectivity index (χ1) is 14.2. The summed E-state index contributed by atoms with van der Waals surface area (Å²) in [7, 11) is -3.25. The number of nitrogens with one attached hydrogen (secondary N) is 1. The van der Waals surface area contributed by atoms with Gasteiger partial charge in [0.2, 0.25) is 5.82 Å². The summed E-state index contributed by atoms with van der Waals surface area (Å²) >= 11 is 6.39. The van der Waals surface area contributed by atoms with Gasteiger partial charge in [-0.15, -0.1) is 0 Å². The number of sulfone groups is 1. The first kappa shape index (κ1) is 22.2. The number of hydrogen-bond acceptors (Lipinski definition) is 6. The molecule has 1 fully saturated rings. The second-order valence-electron chi connectivity index (χ2n) is 7.52. The Labute approximate surface area is 182 Å². The highest BCUT2D eigenvalue weighted by Crippen LogP contribution is 2.39. The van der Waals surface area contributed by atoms with Gasteiger partial charge >= 0.3 is 0 Å². The molecule has 0 radical (unpaired) electrons. The summed E-state index contributed by atoms with van der Waals surface area (Å²) in [6, 6.07) is 7.71. The van der Waals surface area contributed by atoms with Gasteiger partial charge in [-0.2, -0.15) is 0 Å². The third-order valence-electron chi connectivity index (χ3n) is 4.83. The molecule has 0 bridgehead atoms. The molecule has 1 aliphatic carbocycles. The van der Waals surface area contributed by atoms with Crippen molar-refractivity contribution in [2.75, 3.05) is 11.2 Å². The van der Waals surface area contributed by atoms with Crippen molar-refractivity contribution in [3.05, 3.63) is 64.6 Å². The van der Waals surface area contributed by atoms with Gasteiger partial charge in [-0.05, 0) is 38.3 Å². The summed E-state index contributed by atoms with van der Waals surface area (Å²) in [5.74, 6) is -0.441. The highest BCUT2D eigenvalue weighted by atomic mass is 35.5. The number of aromatic nitrogens is 2. The normalized spacial score (nSPS) is 16.3. The smallest absolute Gasteiger partial charge is 0.289 e. The molecule has 1 saturated carbocycles. The van der Waals surface area contributed by atoms with E-state index in [-0.39, 0.29) is 11.9 Å². The maximum Gasteiger partial charge on any atom is 0.289 e. The molecule has 0 aliphatic heterocycles. The molecule has 7 nitrogen and oxygen atoms in total. The van der Waals surface area contributed by atoms with Gasteiger partial charge < -0.3 is 10.2 Å². The van der Waals surface area contributed by atoms with Crippen molar-refractivity contribution in [2.45, 2.75) is 44.8 Å². The minimum absolute atomic E-state index is 0.0273. The van der Waals surface area contributed by atoms with Crippen LogP contribution >= 0.6 is 11.6 Å². The van der Waals surface area contributed by atoms with Crippen molar-refractivity contribution in [1.82, 2.24) is 15.3 Å². The maximum atomic E-state index is 12.4. The van der Waals surface area contributed by atoms with Crippen LogP contribution in [0, 0.1) is 0 Å². The minimum atomic E-state index is -3.25. The standard InChI is InChI=1S/C21H25ClN4O3S/c1-14(10-11-30(3,28)29)25-21(27)20-23-12-17(13-24-20)26(16-8-9-16)15(2)18-6-4-5-7-19(18)22/h4-7,10-16H,8-9H2,1-3H3,(H,25,27)/b11-10+/t14-,15+/m1/s1. The number of carbonyl (C=O) groups excluding carboxylic acids is 1. The average molecular weight is 449 g/mol. The number of amides is 1. The number of nitrogens with zero attached hydrogens (tertiary/aromatic N) is 3. The van der Waals surface area contributed by atoms with Gasteiger partial charge in [0.1, 0.15) is 0 Å². The molecule has 2 aromatic rings. The highest BCUT2D eigenvalue weighted by Gasteiger charge is 2.34. The van der Waals surface area contributed by atoms with E-state index in [0.717, 1.165) is 35.8 Å². The van der Waals surface area contributed by atoms with Crippen molar-refractivity contribution < 1.29 is 13.2 Å². The molecule has 1 heterocycles. The highest BCUT2D eigenvalue weighted by molar-refractivity contribution is 7.93. The summed E-state index contributed by atoms with van der Waals surface area (Å²) in [4.78, 5) is 23.1. The van der Waals surface area contributed by atoms with Crippen LogP contribution in [0.4, 0.5) is 5.69 Å². The summed E-state index contributed by atoms with van der Waals surface area (Å²) in [6.07, 6.45) is 7.95. The number of hydrogen-bond donors (Lipinski definition) is 1. The number of halogens is 1. The SMILES string of the molecule is C[C@H](/C=C/S(C)(=O)=O)NC(=O)c1ncc(N(C2CC2)[C@@H](C)c2ccccc2Cl)cn1. The Morgan fingerprint density at radius 3 is 2.43 bits per heavy atom. The van der Waals surface area contributed by atoms with E-state index in [1.165, 1.54) is 6.08 Å². The monoisotopic (exact) mass is 448 g/mol. The predicted molar refractivity (Wildman–Crippen MR) is 118 cm³/mol. The summed E-state index contributed by atoms with van der Waals surface area (Å²) < 4.78 is 22.4. The molecular formula is C21H25ClN4O3S. The Morgan fingerprint density at radius 2 is 1.87 bits per heavy atom. The van der Waals surface area contributed by atoms with Gasteiger partial charge in [-0.25, -0.2) is 18.4 Å². The second kappa shape index (κ2) is 9.14. The van der Waals surface area contributed by atoms with Crippen molar-refractivity contribution >= 4 is 33.0 Å². The Morgan fingerprint density at radius 1 is 1.23 bits per heavy atom. The van der Waals surface area contributed by atoms with Gasteiger partial charge in [-0.1, -0.05) is 35.9 Å². The fraction of sp³-hybridized carbons (Fsp3) is 0.381. The van der Waals surface area contributed by atoms with Crippen LogP contribution in [-0.4, -0.2) is 42.6 Å². The van der Waals surface area contributed by atoms with Gasteiger partial charge in [0.25, 0.3) is 5.91 Å². The van der Waals surface area contributed by atoms with E-state index < -0.39 is 21.8 Å². The van der Waals surface area contributed by atoms with Crippen molar-refractivity contribution in [2.24, 2.45) is 0 Å². The Balaban J connectivity index is 1.74. The molecule has 160 valence electrons. The lowest BCUT2D eigenvalue weighted by molar-refractivity contribution is 0.0936. The van der Waals surface area contributed by atoms with E-state index in [1.807, 2.05) is 24.3 Å². The van der Waals surface area contributed by atoms with Crippen molar-refractivity contribution in [3.63, 3.8) is 0 Å². The summed E-state index contributed by atoms with van der Waals surface area (Å²) in [5.41, 5.74) is 1.85. The fourth-order valence-corrected chi connectivity index (χ4v) is 4.03. The maximum absolute atomic E-state index is 12.4. The zero-order valence-corrected chi connectivity index (χ0v) is 18.7. The Bertz CT molecular complexity index is 1040. The summed E-state index contributed by atoms with van der Waals surface area (Å²) in [6.45, 7) is 3.77. The average Bonchev–Trinajstić information content (AvgIpc) is 3.52. The van der Waals surface area contributed by atoms with E-state index >= 15 is 0 Å². The molecule has 1 aromatic carbocycles. The Kier molecular flexibility index (Phi) is 6.77. The lowest BCUT2D eigenvalue weighted by Gasteiger charge is -2.31. The lowest BCUT2D eigenvalue weighted by atomic mass is 10.1. The third kappa shape index (κ3) is 5.79. The van der Waals surface area contributed by atoms with Crippen molar-refractivity contribution in [3.8, 4) is 0 Å². The van der Waals surface area contributed by atoms with Crippen LogP contribution in [0.5, 0.6) is 0 Å². The number of benzene rings is 1. The first-order valence-electron chi connectivity index (χ1n) is 9.69. The number of anilines is 1. The Hall–Kier alpha value is -2.45. The summed E-state index contributed by atoms with van der Waals surface area (Å²) in [5, 5.41) is 4.44. The molecule has 0 unspecified atom stereocenters. The molecule has 1 N–H and O–H groups in total. The zero-order chi connectivity index (χ0) is 21.9. The lowest BCUT2D eigenvalue weighted by Crippen LogP contribution is -2.33. The second-order valence-corrected chi connectivity index (χ2v) is 9.86. The predicted octanol–water partition coefficient (Wildman–Crippen LogP) is 3.54. The van der Waals surface area contributed by atoms with E-state index in [0.29, 0.717) is 11.1 Å². The van der Waals surface area contributed by atoms with Crippen LogP contribution in [0.3, 0.4) is 0 Å². The van der Waals surface area contributed by atoms with Crippen LogP contribution < -0.4 is 10.2 Å². The van der Waals surface area contributed by atoms with Gasteiger partial charge in [0, 0.05) is 28.8 Å². The minimum Gasteiger partial charge on any atom is -0.359 e. The first-order valence-corrected chi connectivity index (χ1v) is 12.0. The third-order valence-corrected chi connectivity index (χ3v) is 5.82. The number of carbonyl (C=O) groups is 1. The molecule has 1 amide bonds. The molecule has 1 aliphatic rings. The van der Waals surface area contributed by atoms with Crippen LogP contribution in [0.2, 0.25) is 5.02 Å². The van der Waals surface area contributed by atoms with Gasteiger partial charge in [0.15, 0.2) is 9.84 Å². The fourth-order valence-electron chi connectivity index (χ4n) is 3.22. The molecule has 0 saturated heterocycles.